The Bertz CT molecular complexity index is 215. The Morgan fingerprint density at radius 2 is 2.42 bits per heavy atom. The van der Waals surface area contributed by atoms with Gasteiger partial charge in [-0.25, -0.2) is 4.79 Å². The van der Waals surface area contributed by atoms with E-state index in [0.29, 0.717) is 19.3 Å². The zero-order valence-electron chi connectivity index (χ0n) is 6.58. The summed E-state index contributed by atoms with van der Waals surface area (Å²) in [5, 5.41) is 2.36. The van der Waals surface area contributed by atoms with Gasteiger partial charge in [0.1, 0.15) is 6.29 Å². The summed E-state index contributed by atoms with van der Waals surface area (Å²) in [4.78, 5) is 33.1. The minimum atomic E-state index is -0.340. The molecule has 0 radical (unpaired) electrons. The molecule has 66 valence electrons. The summed E-state index contributed by atoms with van der Waals surface area (Å²) in [6, 6.07) is -0.340. The second-order valence-electron chi connectivity index (χ2n) is 2.56. The summed E-state index contributed by atoms with van der Waals surface area (Å²) < 4.78 is 0. The SMILES string of the molecule is O=CCNC(=O)N1CCC(=O)C1. The van der Waals surface area contributed by atoms with E-state index >= 15 is 0 Å². The van der Waals surface area contributed by atoms with Gasteiger partial charge in [-0.3, -0.25) is 4.79 Å². The monoisotopic (exact) mass is 170 g/mol. The molecule has 0 bridgehead atoms. The highest BCUT2D eigenvalue weighted by molar-refractivity contribution is 5.89. The maximum Gasteiger partial charge on any atom is 0.318 e. The van der Waals surface area contributed by atoms with Crippen LogP contribution in [0.15, 0.2) is 0 Å². The summed E-state index contributed by atoms with van der Waals surface area (Å²) in [6.07, 6.45) is 1.03. The van der Waals surface area contributed by atoms with Crippen molar-refractivity contribution < 1.29 is 14.4 Å². The summed E-state index contributed by atoms with van der Waals surface area (Å²) in [5.41, 5.74) is 0. The molecule has 5 nitrogen and oxygen atoms in total. The van der Waals surface area contributed by atoms with E-state index in [1.54, 1.807) is 0 Å². The largest absolute Gasteiger partial charge is 0.331 e. The minimum absolute atomic E-state index is 0.00350. The van der Waals surface area contributed by atoms with Crippen LogP contribution in [0.25, 0.3) is 0 Å². The van der Waals surface area contributed by atoms with Crippen LogP contribution in [0.2, 0.25) is 0 Å². The molecule has 0 unspecified atom stereocenters. The molecule has 1 fully saturated rings. The number of nitrogens with one attached hydrogen (secondary N) is 1. The zero-order chi connectivity index (χ0) is 8.97. The van der Waals surface area contributed by atoms with Crippen LogP contribution in [-0.4, -0.2) is 42.6 Å². The lowest BCUT2D eigenvalue weighted by molar-refractivity contribution is -0.116. The second kappa shape index (κ2) is 3.85. The lowest BCUT2D eigenvalue weighted by atomic mass is 10.4. The van der Waals surface area contributed by atoms with Crippen LogP contribution < -0.4 is 5.32 Å². The molecule has 1 heterocycles. The number of hydrogen-bond acceptors (Lipinski definition) is 3. The summed E-state index contributed by atoms with van der Waals surface area (Å²) in [6.45, 7) is 0.637. The maximum atomic E-state index is 11.1. The smallest absolute Gasteiger partial charge is 0.318 e. The standard InChI is InChI=1S/C7H10N2O3/c10-4-2-8-7(12)9-3-1-6(11)5-9/h4H,1-3,5H2,(H,8,12). The van der Waals surface area contributed by atoms with Crippen LogP contribution in [0, 0.1) is 0 Å². The number of hydrogen-bond donors (Lipinski definition) is 1. The first-order valence-electron chi connectivity index (χ1n) is 3.72. The molecule has 1 aliphatic rings. The molecule has 1 saturated heterocycles. The lowest BCUT2D eigenvalue weighted by Gasteiger charge is -2.13. The zero-order valence-corrected chi connectivity index (χ0v) is 6.58. The van der Waals surface area contributed by atoms with Gasteiger partial charge in [0, 0.05) is 13.0 Å². The average Bonchev–Trinajstić information content (AvgIpc) is 2.47. The molecule has 5 heteroatoms. The van der Waals surface area contributed by atoms with Crippen molar-refractivity contribution in [3.05, 3.63) is 0 Å². The first kappa shape index (κ1) is 8.70. The van der Waals surface area contributed by atoms with Gasteiger partial charge in [0.15, 0.2) is 5.78 Å². The number of amides is 2. The predicted molar refractivity (Wildman–Crippen MR) is 40.7 cm³/mol. The van der Waals surface area contributed by atoms with Gasteiger partial charge in [-0.15, -0.1) is 0 Å². The highest BCUT2D eigenvalue weighted by atomic mass is 16.2. The van der Waals surface area contributed by atoms with Gasteiger partial charge in [0.2, 0.25) is 0 Å². The topological polar surface area (TPSA) is 66.5 Å². The molecule has 0 aromatic heterocycles. The van der Waals surface area contributed by atoms with E-state index in [4.69, 9.17) is 0 Å². The van der Waals surface area contributed by atoms with Crippen LogP contribution in [0.4, 0.5) is 4.79 Å². The third kappa shape index (κ3) is 2.05. The molecule has 1 aliphatic heterocycles. The first-order valence-corrected chi connectivity index (χ1v) is 3.72. The molecule has 2 amide bonds. The van der Waals surface area contributed by atoms with Gasteiger partial charge >= 0.3 is 6.03 Å². The van der Waals surface area contributed by atoms with Crippen LogP contribution >= 0.6 is 0 Å². The van der Waals surface area contributed by atoms with E-state index in [0.717, 1.165) is 0 Å². The number of aldehydes is 1. The Kier molecular flexibility index (Phi) is 2.79. The number of rotatable bonds is 2. The van der Waals surface area contributed by atoms with Crippen molar-refractivity contribution in [2.24, 2.45) is 0 Å². The van der Waals surface area contributed by atoms with Gasteiger partial charge in [0.05, 0.1) is 13.1 Å². The lowest BCUT2D eigenvalue weighted by Crippen LogP contribution is -2.39. The molecule has 12 heavy (non-hydrogen) atoms. The summed E-state index contributed by atoms with van der Waals surface area (Å²) in [7, 11) is 0. The highest BCUT2D eigenvalue weighted by Gasteiger charge is 2.23. The molecule has 0 aromatic rings. The Hall–Kier alpha value is -1.39. The molecule has 1 rings (SSSR count). The number of carbonyl (C=O) groups excluding carboxylic acids is 3. The fraction of sp³-hybridized carbons (Fsp3) is 0.571. The maximum absolute atomic E-state index is 11.1. The van der Waals surface area contributed by atoms with Crippen molar-refractivity contribution in [2.75, 3.05) is 19.6 Å². The van der Waals surface area contributed by atoms with Crippen molar-refractivity contribution in [1.82, 2.24) is 10.2 Å². The second-order valence-corrected chi connectivity index (χ2v) is 2.56. The van der Waals surface area contributed by atoms with Gasteiger partial charge in [0.25, 0.3) is 0 Å². The quantitative estimate of drug-likeness (QED) is 0.550. The predicted octanol–water partition coefficient (Wildman–Crippen LogP) is -0.830. The van der Waals surface area contributed by atoms with E-state index in [9.17, 15) is 14.4 Å². The van der Waals surface area contributed by atoms with Crippen LogP contribution in [-0.2, 0) is 9.59 Å². The van der Waals surface area contributed by atoms with Crippen LogP contribution in [0.3, 0.4) is 0 Å². The van der Waals surface area contributed by atoms with E-state index in [1.807, 2.05) is 0 Å². The molecule has 0 aliphatic carbocycles. The van der Waals surface area contributed by atoms with Crippen LogP contribution in [0.5, 0.6) is 0 Å². The summed E-state index contributed by atoms with van der Waals surface area (Å²) >= 11 is 0. The average molecular weight is 170 g/mol. The third-order valence-electron chi connectivity index (χ3n) is 1.65. The Morgan fingerprint density at radius 1 is 1.67 bits per heavy atom. The van der Waals surface area contributed by atoms with E-state index in [2.05, 4.69) is 5.32 Å². The summed E-state index contributed by atoms with van der Waals surface area (Å²) in [5.74, 6) is 0.0660. The van der Waals surface area contributed by atoms with E-state index in [1.165, 1.54) is 4.90 Å². The number of urea groups is 1. The Morgan fingerprint density at radius 3 is 2.92 bits per heavy atom. The minimum Gasteiger partial charge on any atom is -0.331 e. The van der Waals surface area contributed by atoms with Gasteiger partial charge in [-0.1, -0.05) is 0 Å². The molecular weight excluding hydrogens is 160 g/mol. The molecule has 1 N–H and O–H groups in total. The van der Waals surface area contributed by atoms with Crippen LogP contribution in [0.1, 0.15) is 6.42 Å². The van der Waals surface area contributed by atoms with Crippen molar-refractivity contribution in [3.8, 4) is 0 Å². The van der Waals surface area contributed by atoms with Crippen molar-refractivity contribution in [3.63, 3.8) is 0 Å². The van der Waals surface area contributed by atoms with Gasteiger partial charge < -0.3 is 15.0 Å². The molecular formula is C7H10N2O3. The number of carbonyl (C=O) groups is 3. The van der Waals surface area contributed by atoms with Gasteiger partial charge in [-0.2, -0.15) is 0 Å². The van der Waals surface area contributed by atoms with E-state index in [-0.39, 0.29) is 24.9 Å². The molecule has 0 spiro atoms. The van der Waals surface area contributed by atoms with E-state index < -0.39 is 0 Å². The number of Topliss-reactive ketones (excluding diaryl/α,β-unsaturated/α-hetero) is 1. The van der Waals surface area contributed by atoms with Crippen molar-refractivity contribution >= 4 is 18.1 Å². The Labute approximate surface area is 69.7 Å². The van der Waals surface area contributed by atoms with Crippen molar-refractivity contribution in [2.45, 2.75) is 6.42 Å². The fourth-order valence-electron chi connectivity index (χ4n) is 1.04. The first-order chi connectivity index (χ1) is 5.74. The fourth-order valence-corrected chi connectivity index (χ4v) is 1.04. The number of nitrogens with zero attached hydrogens (tertiary/aromatic N) is 1. The van der Waals surface area contributed by atoms with Crippen molar-refractivity contribution in [1.29, 1.82) is 0 Å². The molecule has 0 atom stereocenters. The highest BCUT2D eigenvalue weighted by Crippen LogP contribution is 2.03. The third-order valence-corrected chi connectivity index (χ3v) is 1.65. The molecule has 0 aromatic carbocycles. The normalized spacial score (nSPS) is 16.3. The number of likely N-dealkylation sites (tertiary alicyclic amines) is 1. The van der Waals surface area contributed by atoms with Gasteiger partial charge in [-0.05, 0) is 0 Å². The Balaban J connectivity index is 2.32. The molecule has 0 saturated carbocycles. The number of ketones is 1.